The third-order valence-corrected chi connectivity index (χ3v) is 3.86. The number of anilines is 1. The SMILES string of the molecule is Cc1ccc(N2CC(O)CNCC2(C)C)cc1C. The number of β-amino-alcohol motifs (C(OH)–C–C–N with tert-alkyl or cyclic N) is 1. The Morgan fingerprint density at radius 3 is 2.67 bits per heavy atom. The molecule has 1 fully saturated rings. The molecule has 1 unspecified atom stereocenters. The summed E-state index contributed by atoms with van der Waals surface area (Å²) in [6.45, 7) is 10.9. The lowest BCUT2D eigenvalue weighted by Gasteiger charge is -2.39. The van der Waals surface area contributed by atoms with Crippen molar-refractivity contribution in [1.82, 2.24) is 5.32 Å². The average Bonchev–Trinajstić information content (AvgIpc) is 2.41. The molecule has 2 rings (SSSR count). The minimum absolute atomic E-state index is 0.0131. The van der Waals surface area contributed by atoms with Gasteiger partial charge < -0.3 is 15.3 Å². The van der Waals surface area contributed by atoms with Crippen molar-refractivity contribution < 1.29 is 5.11 Å². The Hall–Kier alpha value is -1.06. The first-order valence-electron chi connectivity index (χ1n) is 6.64. The van der Waals surface area contributed by atoms with Crippen LogP contribution < -0.4 is 10.2 Å². The van der Waals surface area contributed by atoms with E-state index in [-0.39, 0.29) is 11.6 Å². The second-order valence-corrected chi connectivity index (χ2v) is 5.98. The highest BCUT2D eigenvalue weighted by Gasteiger charge is 2.31. The molecule has 0 aliphatic carbocycles. The first-order chi connectivity index (χ1) is 8.40. The van der Waals surface area contributed by atoms with E-state index in [1.54, 1.807) is 0 Å². The van der Waals surface area contributed by atoms with Gasteiger partial charge in [0.2, 0.25) is 0 Å². The molecule has 1 saturated heterocycles. The molecule has 0 aromatic heterocycles. The van der Waals surface area contributed by atoms with Crippen LogP contribution in [0.25, 0.3) is 0 Å². The molecule has 3 heteroatoms. The fraction of sp³-hybridized carbons (Fsp3) is 0.600. The minimum atomic E-state index is -0.312. The van der Waals surface area contributed by atoms with E-state index in [0.717, 1.165) is 6.54 Å². The summed E-state index contributed by atoms with van der Waals surface area (Å²) in [6, 6.07) is 6.53. The molecule has 0 radical (unpaired) electrons. The predicted molar refractivity (Wildman–Crippen MR) is 76.2 cm³/mol. The van der Waals surface area contributed by atoms with Crippen LogP contribution in [-0.4, -0.2) is 36.4 Å². The van der Waals surface area contributed by atoms with E-state index in [9.17, 15) is 5.11 Å². The number of aliphatic hydroxyl groups is 1. The number of benzene rings is 1. The largest absolute Gasteiger partial charge is 0.390 e. The number of hydrogen-bond donors (Lipinski definition) is 2. The highest BCUT2D eigenvalue weighted by molar-refractivity contribution is 5.53. The molecule has 0 saturated carbocycles. The number of nitrogens with one attached hydrogen (secondary N) is 1. The third-order valence-electron chi connectivity index (χ3n) is 3.86. The van der Waals surface area contributed by atoms with Crippen molar-refractivity contribution in [2.75, 3.05) is 24.5 Å². The average molecular weight is 248 g/mol. The van der Waals surface area contributed by atoms with E-state index < -0.39 is 0 Å². The lowest BCUT2D eigenvalue weighted by atomic mass is 10.0. The zero-order valence-corrected chi connectivity index (χ0v) is 11.8. The Kier molecular flexibility index (Phi) is 3.64. The van der Waals surface area contributed by atoms with Crippen LogP contribution in [0.1, 0.15) is 25.0 Å². The standard InChI is InChI=1S/C15H24N2O/c1-11-5-6-13(7-12(11)2)17-9-14(18)8-16-10-15(17,3)4/h5-7,14,16,18H,8-10H2,1-4H3. The molecule has 1 aromatic rings. The van der Waals surface area contributed by atoms with Crippen molar-refractivity contribution in [3.63, 3.8) is 0 Å². The highest BCUT2D eigenvalue weighted by atomic mass is 16.3. The zero-order valence-electron chi connectivity index (χ0n) is 11.8. The van der Waals surface area contributed by atoms with Gasteiger partial charge in [0.15, 0.2) is 0 Å². The minimum Gasteiger partial charge on any atom is -0.390 e. The van der Waals surface area contributed by atoms with Gasteiger partial charge in [-0.15, -0.1) is 0 Å². The summed E-state index contributed by atoms with van der Waals surface area (Å²) in [5, 5.41) is 13.3. The zero-order chi connectivity index (χ0) is 13.3. The Balaban J connectivity index is 2.35. The summed E-state index contributed by atoms with van der Waals surface area (Å²) in [5.74, 6) is 0. The smallest absolute Gasteiger partial charge is 0.0839 e. The van der Waals surface area contributed by atoms with Gasteiger partial charge in [-0.05, 0) is 51.0 Å². The maximum Gasteiger partial charge on any atom is 0.0839 e. The Morgan fingerprint density at radius 1 is 1.28 bits per heavy atom. The van der Waals surface area contributed by atoms with E-state index in [0.29, 0.717) is 13.1 Å². The normalized spacial score (nSPS) is 23.8. The summed E-state index contributed by atoms with van der Waals surface area (Å²) >= 11 is 0. The van der Waals surface area contributed by atoms with Gasteiger partial charge in [-0.2, -0.15) is 0 Å². The monoisotopic (exact) mass is 248 g/mol. The van der Waals surface area contributed by atoms with Crippen LogP contribution in [0, 0.1) is 13.8 Å². The molecule has 1 aliphatic rings. The summed E-state index contributed by atoms with van der Waals surface area (Å²) in [6.07, 6.45) is -0.312. The van der Waals surface area contributed by atoms with Crippen LogP contribution in [0.2, 0.25) is 0 Å². The molecule has 1 aliphatic heterocycles. The summed E-state index contributed by atoms with van der Waals surface area (Å²) in [5.41, 5.74) is 3.82. The molecular weight excluding hydrogens is 224 g/mol. The van der Waals surface area contributed by atoms with Crippen molar-refractivity contribution >= 4 is 5.69 Å². The van der Waals surface area contributed by atoms with E-state index in [4.69, 9.17) is 0 Å². The molecule has 0 bridgehead atoms. The Bertz CT molecular complexity index is 429. The fourth-order valence-corrected chi connectivity index (χ4v) is 2.51. The molecule has 0 amide bonds. The quantitative estimate of drug-likeness (QED) is 0.796. The number of rotatable bonds is 1. The summed E-state index contributed by atoms with van der Waals surface area (Å²) in [4.78, 5) is 2.31. The van der Waals surface area contributed by atoms with E-state index in [2.05, 4.69) is 56.1 Å². The topological polar surface area (TPSA) is 35.5 Å². The van der Waals surface area contributed by atoms with Crippen LogP contribution >= 0.6 is 0 Å². The van der Waals surface area contributed by atoms with Crippen LogP contribution in [-0.2, 0) is 0 Å². The maximum absolute atomic E-state index is 9.97. The van der Waals surface area contributed by atoms with Crippen molar-refractivity contribution in [3.8, 4) is 0 Å². The molecular formula is C15H24N2O. The third kappa shape index (κ3) is 2.68. The molecule has 1 heterocycles. The summed E-state index contributed by atoms with van der Waals surface area (Å²) < 4.78 is 0. The second-order valence-electron chi connectivity index (χ2n) is 5.98. The van der Waals surface area contributed by atoms with Gasteiger partial charge in [0.1, 0.15) is 0 Å². The fourth-order valence-electron chi connectivity index (χ4n) is 2.51. The van der Waals surface area contributed by atoms with Gasteiger partial charge in [0, 0.05) is 30.9 Å². The molecule has 3 nitrogen and oxygen atoms in total. The first-order valence-corrected chi connectivity index (χ1v) is 6.64. The Labute approximate surface area is 110 Å². The van der Waals surface area contributed by atoms with Gasteiger partial charge in [-0.1, -0.05) is 6.07 Å². The van der Waals surface area contributed by atoms with Crippen LogP contribution in [0.5, 0.6) is 0 Å². The van der Waals surface area contributed by atoms with Crippen LogP contribution in [0.4, 0.5) is 5.69 Å². The molecule has 18 heavy (non-hydrogen) atoms. The van der Waals surface area contributed by atoms with E-state index in [1.807, 2.05) is 0 Å². The lowest BCUT2D eigenvalue weighted by Crippen LogP contribution is -2.49. The van der Waals surface area contributed by atoms with Gasteiger partial charge in [0.05, 0.1) is 6.10 Å². The molecule has 1 aromatic carbocycles. The predicted octanol–water partition coefficient (Wildman–Crippen LogP) is 1.85. The van der Waals surface area contributed by atoms with E-state index >= 15 is 0 Å². The van der Waals surface area contributed by atoms with Crippen molar-refractivity contribution in [1.29, 1.82) is 0 Å². The van der Waals surface area contributed by atoms with Gasteiger partial charge in [-0.3, -0.25) is 0 Å². The number of nitrogens with zero attached hydrogens (tertiary/aromatic N) is 1. The first kappa shape index (κ1) is 13.4. The molecule has 100 valence electrons. The number of aliphatic hydroxyl groups excluding tert-OH is 1. The number of hydrogen-bond acceptors (Lipinski definition) is 3. The second kappa shape index (κ2) is 4.90. The van der Waals surface area contributed by atoms with E-state index in [1.165, 1.54) is 16.8 Å². The molecule has 1 atom stereocenters. The van der Waals surface area contributed by atoms with Crippen LogP contribution in [0.3, 0.4) is 0 Å². The summed E-state index contributed by atoms with van der Waals surface area (Å²) in [7, 11) is 0. The van der Waals surface area contributed by atoms with Gasteiger partial charge in [-0.25, -0.2) is 0 Å². The van der Waals surface area contributed by atoms with Gasteiger partial charge in [0.25, 0.3) is 0 Å². The maximum atomic E-state index is 9.97. The molecule has 2 N–H and O–H groups in total. The highest BCUT2D eigenvalue weighted by Crippen LogP contribution is 2.27. The van der Waals surface area contributed by atoms with Gasteiger partial charge >= 0.3 is 0 Å². The Morgan fingerprint density at radius 2 is 2.00 bits per heavy atom. The van der Waals surface area contributed by atoms with Crippen molar-refractivity contribution in [2.24, 2.45) is 0 Å². The molecule has 0 spiro atoms. The van der Waals surface area contributed by atoms with Crippen molar-refractivity contribution in [2.45, 2.75) is 39.3 Å². The lowest BCUT2D eigenvalue weighted by molar-refractivity contribution is 0.183. The van der Waals surface area contributed by atoms with Crippen molar-refractivity contribution in [3.05, 3.63) is 29.3 Å². The number of aryl methyl sites for hydroxylation is 2. The van der Waals surface area contributed by atoms with Crippen LogP contribution in [0.15, 0.2) is 18.2 Å².